The Morgan fingerprint density at radius 2 is 2.10 bits per heavy atom. The number of rotatable bonds is 5. The summed E-state index contributed by atoms with van der Waals surface area (Å²) < 4.78 is 5.98. The molecule has 4 heteroatoms. The van der Waals surface area contributed by atoms with Crippen LogP contribution in [0.25, 0.3) is 0 Å². The molecule has 0 unspecified atom stereocenters. The number of carbonyl (C=O) groups excluding carboxylic acids is 1. The van der Waals surface area contributed by atoms with Crippen LogP contribution < -0.4 is 10.1 Å². The molecule has 3 nitrogen and oxygen atoms in total. The lowest BCUT2D eigenvalue weighted by molar-refractivity contribution is 0.0928. The lowest BCUT2D eigenvalue weighted by Crippen LogP contribution is -2.35. The summed E-state index contributed by atoms with van der Waals surface area (Å²) in [6.07, 6.45) is 6.18. The van der Waals surface area contributed by atoms with E-state index in [0.717, 1.165) is 23.2 Å². The maximum Gasteiger partial charge on any atom is 0.251 e. The normalized spacial score (nSPS) is 16.9. The van der Waals surface area contributed by atoms with Gasteiger partial charge in [-0.25, -0.2) is 0 Å². The van der Waals surface area contributed by atoms with Crippen LogP contribution in [0.15, 0.2) is 22.7 Å². The third-order valence-corrected chi connectivity index (χ3v) is 5.07. The predicted molar refractivity (Wildman–Crippen MR) is 84.2 cm³/mol. The second-order valence-corrected chi connectivity index (χ2v) is 6.45. The Hall–Kier alpha value is -1.03. The van der Waals surface area contributed by atoms with Gasteiger partial charge < -0.3 is 10.1 Å². The molecule has 2 rings (SSSR count). The highest BCUT2D eigenvalue weighted by Crippen LogP contribution is 2.40. The van der Waals surface area contributed by atoms with Crippen LogP contribution in [0.2, 0.25) is 0 Å². The molecule has 1 aliphatic rings. The fraction of sp³-hybridized carbons (Fsp3) is 0.562. The van der Waals surface area contributed by atoms with Crippen LogP contribution in [0.3, 0.4) is 0 Å². The van der Waals surface area contributed by atoms with Gasteiger partial charge in [0.15, 0.2) is 0 Å². The molecule has 0 bridgehead atoms. The van der Waals surface area contributed by atoms with E-state index in [1.807, 2.05) is 6.07 Å². The first-order valence-electron chi connectivity index (χ1n) is 7.22. The van der Waals surface area contributed by atoms with Crippen LogP contribution in [-0.4, -0.2) is 19.6 Å². The van der Waals surface area contributed by atoms with Crippen molar-refractivity contribution in [2.75, 3.05) is 13.7 Å². The third kappa shape index (κ3) is 3.35. The highest BCUT2D eigenvalue weighted by atomic mass is 79.9. The Balaban J connectivity index is 1.99. The third-order valence-electron chi connectivity index (χ3n) is 4.45. The quantitative estimate of drug-likeness (QED) is 0.874. The van der Waals surface area contributed by atoms with Gasteiger partial charge >= 0.3 is 0 Å². The number of hydrogen-bond donors (Lipinski definition) is 1. The van der Waals surface area contributed by atoms with Gasteiger partial charge in [-0.15, -0.1) is 0 Å². The zero-order chi connectivity index (χ0) is 14.6. The molecule has 1 N–H and O–H groups in total. The highest BCUT2D eigenvalue weighted by Gasteiger charge is 2.32. The molecule has 0 spiro atoms. The minimum absolute atomic E-state index is 0.00641. The van der Waals surface area contributed by atoms with Crippen LogP contribution in [0.5, 0.6) is 5.75 Å². The molecule has 1 amide bonds. The number of carbonyl (C=O) groups is 1. The fourth-order valence-electron chi connectivity index (χ4n) is 2.96. The standard InChI is InChI=1S/C16H22BrNO2/c1-3-16(8-4-5-9-16)11-18-15(19)12-6-7-14(20-2)13(17)10-12/h6-7,10H,3-5,8-9,11H2,1-2H3,(H,18,19). The minimum atomic E-state index is -0.00641. The summed E-state index contributed by atoms with van der Waals surface area (Å²) >= 11 is 3.41. The van der Waals surface area contributed by atoms with Crippen molar-refractivity contribution in [3.05, 3.63) is 28.2 Å². The van der Waals surface area contributed by atoms with Crippen molar-refractivity contribution in [2.24, 2.45) is 5.41 Å². The molecule has 110 valence electrons. The zero-order valence-electron chi connectivity index (χ0n) is 12.2. The number of ether oxygens (including phenoxy) is 1. The first kappa shape index (κ1) is 15.4. The predicted octanol–water partition coefficient (Wildman–Crippen LogP) is 4.16. The number of nitrogens with one attached hydrogen (secondary N) is 1. The molecule has 0 atom stereocenters. The van der Waals surface area contributed by atoms with E-state index in [0.29, 0.717) is 11.0 Å². The molecule has 1 fully saturated rings. The highest BCUT2D eigenvalue weighted by molar-refractivity contribution is 9.10. The van der Waals surface area contributed by atoms with E-state index in [-0.39, 0.29) is 5.91 Å². The second-order valence-electron chi connectivity index (χ2n) is 5.59. The second kappa shape index (κ2) is 6.61. The van der Waals surface area contributed by atoms with Crippen molar-refractivity contribution in [1.29, 1.82) is 0 Å². The number of hydrogen-bond acceptors (Lipinski definition) is 2. The van der Waals surface area contributed by atoms with Gasteiger partial charge in [0.2, 0.25) is 0 Å². The van der Waals surface area contributed by atoms with Crippen molar-refractivity contribution < 1.29 is 9.53 Å². The molecule has 0 saturated heterocycles. The van der Waals surface area contributed by atoms with Gasteiger partial charge in [0, 0.05) is 12.1 Å². The minimum Gasteiger partial charge on any atom is -0.496 e. The molecule has 1 aliphatic carbocycles. The monoisotopic (exact) mass is 339 g/mol. The molecule has 20 heavy (non-hydrogen) atoms. The summed E-state index contributed by atoms with van der Waals surface area (Å²) in [5.41, 5.74) is 0.987. The van der Waals surface area contributed by atoms with E-state index in [1.54, 1.807) is 19.2 Å². The Bertz CT molecular complexity index is 481. The van der Waals surface area contributed by atoms with Crippen molar-refractivity contribution in [3.8, 4) is 5.75 Å². The molecule has 1 aromatic carbocycles. The van der Waals surface area contributed by atoms with Gasteiger partial charge in [0.1, 0.15) is 5.75 Å². The topological polar surface area (TPSA) is 38.3 Å². The lowest BCUT2D eigenvalue weighted by Gasteiger charge is -2.27. The van der Waals surface area contributed by atoms with Crippen molar-refractivity contribution >= 4 is 21.8 Å². The smallest absolute Gasteiger partial charge is 0.251 e. The van der Waals surface area contributed by atoms with E-state index >= 15 is 0 Å². The van der Waals surface area contributed by atoms with E-state index in [9.17, 15) is 4.79 Å². The molecule has 0 radical (unpaired) electrons. The van der Waals surface area contributed by atoms with E-state index < -0.39 is 0 Å². The van der Waals surface area contributed by atoms with Crippen molar-refractivity contribution in [3.63, 3.8) is 0 Å². The van der Waals surface area contributed by atoms with Crippen molar-refractivity contribution in [1.82, 2.24) is 5.32 Å². The van der Waals surface area contributed by atoms with Crippen LogP contribution in [0.4, 0.5) is 0 Å². The largest absolute Gasteiger partial charge is 0.496 e. The van der Waals surface area contributed by atoms with Crippen molar-refractivity contribution in [2.45, 2.75) is 39.0 Å². The van der Waals surface area contributed by atoms with Crippen LogP contribution in [0, 0.1) is 5.41 Å². The molecular weight excluding hydrogens is 318 g/mol. The van der Waals surface area contributed by atoms with Gasteiger partial charge in [0.05, 0.1) is 11.6 Å². The number of amides is 1. The maximum atomic E-state index is 12.2. The number of methoxy groups -OCH3 is 1. The first-order valence-corrected chi connectivity index (χ1v) is 8.01. The first-order chi connectivity index (χ1) is 9.60. The summed E-state index contributed by atoms with van der Waals surface area (Å²) in [7, 11) is 1.62. The Labute approximate surface area is 129 Å². The maximum absolute atomic E-state index is 12.2. The summed E-state index contributed by atoms with van der Waals surface area (Å²) in [5, 5.41) is 3.10. The van der Waals surface area contributed by atoms with E-state index in [4.69, 9.17) is 4.74 Å². The van der Waals surface area contributed by atoms with Gasteiger partial charge in [-0.2, -0.15) is 0 Å². The van der Waals surface area contributed by atoms with E-state index in [1.165, 1.54) is 25.7 Å². The molecule has 1 saturated carbocycles. The SMILES string of the molecule is CCC1(CNC(=O)c2ccc(OC)c(Br)c2)CCCC1. The number of benzene rings is 1. The summed E-state index contributed by atoms with van der Waals surface area (Å²) in [6, 6.07) is 5.41. The molecular formula is C16H22BrNO2. The Morgan fingerprint density at radius 1 is 1.40 bits per heavy atom. The number of halogens is 1. The van der Waals surface area contributed by atoms with Crippen LogP contribution in [0.1, 0.15) is 49.4 Å². The Morgan fingerprint density at radius 3 is 2.65 bits per heavy atom. The molecule has 0 heterocycles. The van der Waals surface area contributed by atoms with Gasteiger partial charge in [0.25, 0.3) is 5.91 Å². The molecule has 0 aromatic heterocycles. The van der Waals surface area contributed by atoms with Gasteiger partial charge in [-0.3, -0.25) is 4.79 Å². The lowest BCUT2D eigenvalue weighted by atomic mass is 9.83. The fourth-order valence-corrected chi connectivity index (χ4v) is 3.50. The summed E-state index contributed by atoms with van der Waals surface area (Å²) in [6.45, 7) is 3.01. The average Bonchev–Trinajstić information content (AvgIpc) is 2.94. The van der Waals surface area contributed by atoms with Gasteiger partial charge in [-0.05, 0) is 58.8 Å². The van der Waals surface area contributed by atoms with E-state index in [2.05, 4.69) is 28.2 Å². The summed E-state index contributed by atoms with van der Waals surface area (Å²) in [4.78, 5) is 12.2. The molecule has 0 aliphatic heterocycles. The Kier molecular flexibility index (Phi) is 5.08. The average molecular weight is 340 g/mol. The van der Waals surface area contributed by atoms with Crippen LogP contribution >= 0.6 is 15.9 Å². The van der Waals surface area contributed by atoms with Crippen LogP contribution in [-0.2, 0) is 0 Å². The van der Waals surface area contributed by atoms with Gasteiger partial charge in [-0.1, -0.05) is 19.8 Å². The summed E-state index contributed by atoms with van der Waals surface area (Å²) in [5.74, 6) is 0.732. The molecule has 1 aromatic rings. The zero-order valence-corrected chi connectivity index (χ0v) is 13.8.